The van der Waals surface area contributed by atoms with Gasteiger partial charge in [-0.05, 0) is 45.1 Å². The van der Waals surface area contributed by atoms with Gasteiger partial charge in [0, 0.05) is 23.6 Å². The zero-order valence-corrected chi connectivity index (χ0v) is 12.6. The lowest BCUT2D eigenvalue weighted by atomic mass is 9.89. The summed E-state index contributed by atoms with van der Waals surface area (Å²) >= 11 is 0. The first kappa shape index (κ1) is 13.8. The minimum Gasteiger partial charge on any atom is -0.380 e. The van der Waals surface area contributed by atoms with Gasteiger partial charge in [0.1, 0.15) is 5.82 Å². The lowest BCUT2D eigenvalue weighted by Crippen LogP contribution is -2.45. The summed E-state index contributed by atoms with van der Waals surface area (Å²) in [6.07, 6.45) is 2.44. The average Bonchev–Trinajstić information content (AvgIpc) is 2.44. The number of nitrogens with zero attached hydrogens (tertiary/aromatic N) is 2. The van der Waals surface area contributed by atoms with Crippen LogP contribution in [0.5, 0.6) is 0 Å². The van der Waals surface area contributed by atoms with Crippen molar-refractivity contribution in [3.63, 3.8) is 0 Å². The van der Waals surface area contributed by atoms with E-state index in [2.05, 4.69) is 42.4 Å². The van der Waals surface area contributed by atoms with E-state index < -0.39 is 0 Å². The number of hydrogen-bond donors (Lipinski definition) is 1. The summed E-state index contributed by atoms with van der Waals surface area (Å²) in [5, 5.41) is 3.47. The molecule has 20 heavy (non-hydrogen) atoms. The standard InChI is InChI=1S/C16H25N3O/c1-16(11-20-12-16)10-17-15-5-3-4-14(18-15)13-6-8-19(2)9-7-13/h3-5,13H,6-12H2,1-2H3,(H,17,18). The SMILES string of the molecule is CN1CCC(c2cccc(NCC3(C)COC3)n2)CC1. The van der Waals surface area contributed by atoms with Crippen LogP contribution in [0.2, 0.25) is 0 Å². The predicted octanol–water partition coefficient (Wildman–Crippen LogP) is 2.34. The number of rotatable bonds is 4. The zero-order valence-electron chi connectivity index (χ0n) is 12.6. The predicted molar refractivity (Wildman–Crippen MR) is 81.1 cm³/mol. The summed E-state index contributed by atoms with van der Waals surface area (Å²) in [4.78, 5) is 7.21. The van der Waals surface area contributed by atoms with Gasteiger partial charge in [0.25, 0.3) is 0 Å². The van der Waals surface area contributed by atoms with Crippen molar-refractivity contribution < 1.29 is 4.74 Å². The van der Waals surface area contributed by atoms with Crippen molar-refractivity contribution in [2.45, 2.75) is 25.7 Å². The molecule has 110 valence electrons. The van der Waals surface area contributed by atoms with Crippen molar-refractivity contribution in [3.8, 4) is 0 Å². The molecule has 0 aliphatic carbocycles. The molecule has 0 aromatic carbocycles. The molecule has 0 bridgehead atoms. The first-order valence-electron chi connectivity index (χ1n) is 7.62. The molecular formula is C16H25N3O. The maximum Gasteiger partial charge on any atom is 0.126 e. The summed E-state index contributed by atoms with van der Waals surface area (Å²) in [5.41, 5.74) is 1.53. The van der Waals surface area contributed by atoms with Crippen molar-refractivity contribution in [1.82, 2.24) is 9.88 Å². The van der Waals surface area contributed by atoms with E-state index in [0.29, 0.717) is 5.92 Å². The Kier molecular flexibility index (Phi) is 3.94. The maximum absolute atomic E-state index is 5.29. The number of aromatic nitrogens is 1. The topological polar surface area (TPSA) is 37.4 Å². The third-order valence-corrected chi connectivity index (χ3v) is 4.50. The Bertz CT molecular complexity index is 451. The van der Waals surface area contributed by atoms with Gasteiger partial charge in [-0.3, -0.25) is 0 Å². The summed E-state index contributed by atoms with van der Waals surface area (Å²) < 4.78 is 5.29. The van der Waals surface area contributed by atoms with E-state index in [1.807, 2.05) is 0 Å². The molecule has 0 radical (unpaired) electrons. The number of hydrogen-bond acceptors (Lipinski definition) is 4. The summed E-state index contributed by atoms with van der Waals surface area (Å²) in [5.74, 6) is 1.63. The molecule has 0 unspecified atom stereocenters. The van der Waals surface area contributed by atoms with E-state index in [1.165, 1.54) is 31.6 Å². The number of pyridine rings is 1. The maximum atomic E-state index is 5.29. The zero-order chi connectivity index (χ0) is 14.0. The molecule has 1 aromatic heterocycles. The van der Waals surface area contributed by atoms with Crippen LogP contribution in [0.1, 0.15) is 31.4 Å². The Balaban J connectivity index is 1.60. The molecule has 2 aliphatic rings. The largest absolute Gasteiger partial charge is 0.380 e. The lowest BCUT2D eigenvalue weighted by Gasteiger charge is -2.38. The molecule has 0 amide bonds. The lowest BCUT2D eigenvalue weighted by molar-refractivity contribution is -0.0924. The van der Waals surface area contributed by atoms with Crippen LogP contribution in [0.15, 0.2) is 18.2 Å². The van der Waals surface area contributed by atoms with Crippen LogP contribution in [0.4, 0.5) is 5.82 Å². The van der Waals surface area contributed by atoms with Crippen molar-refractivity contribution in [1.29, 1.82) is 0 Å². The van der Waals surface area contributed by atoms with Gasteiger partial charge in [-0.2, -0.15) is 0 Å². The quantitative estimate of drug-likeness (QED) is 0.915. The molecule has 2 fully saturated rings. The molecule has 0 spiro atoms. The van der Waals surface area contributed by atoms with Crippen LogP contribution >= 0.6 is 0 Å². The number of piperidine rings is 1. The summed E-state index contributed by atoms with van der Waals surface area (Å²) in [6, 6.07) is 6.37. The molecule has 3 rings (SSSR count). The van der Waals surface area contributed by atoms with Crippen molar-refractivity contribution in [3.05, 3.63) is 23.9 Å². The van der Waals surface area contributed by atoms with Crippen molar-refractivity contribution in [2.75, 3.05) is 45.2 Å². The van der Waals surface area contributed by atoms with Crippen molar-refractivity contribution in [2.24, 2.45) is 5.41 Å². The molecule has 0 saturated carbocycles. The first-order chi connectivity index (χ1) is 9.65. The van der Waals surface area contributed by atoms with E-state index >= 15 is 0 Å². The fourth-order valence-corrected chi connectivity index (χ4v) is 2.94. The van der Waals surface area contributed by atoms with Gasteiger partial charge in [-0.1, -0.05) is 13.0 Å². The highest BCUT2D eigenvalue weighted by Gasteiger charge is 2.33. The van der Waals surface area contributed by atoms with Gasteiger partial charge in [-0.15, -0.1) is 0 Å². The Morgan fingerprint density at radius 2 is 2.10 bits per heavy atom. The minimum atomic E-state index is 0.283. The second-order valence-corrected chi connectivity index (χ2v) is 6.68. The van der Waals surface area contributed by atoms with Gasteiger partial charge in [0.15, 0.2) is 0 Å². The fourth-order valence-electron chi connectivity index (χ4n) is 2.94. The summed E-state index contributed by atoms with van der Waals surface area (Å²) in [6.45, 7) is 7.27. The van der Waals surface area contributed by atoms with E-state index in [-0.39, 0.29) is 5.41 Å². The van der Waals surface area contributed by atoms with Crippen molar-refractivity contribution >= 4 is 5.82 Å². The average molecular weight is 275 g/mol. The van der Waals surface area contributed by atoms with Crippen LogP contribution in [0, 0.1) is 5.41 Å². The number of likely N-dealkylation sites (tertiary alicyclic amines) is 1. The van der Waals surface area contributed by atoms with Crippen LogP contribution < -0.4 is 5.32 Å². The smallest absolute Gasteiger partial charge is 0.126 e. The Morgan fingerprint density at radius 3 is 2.75 bits per heavy atom. The second-order valence-electron chi connectivity index (χ2n) is 6.68. The Hall–Kier alpha value is -1.13. The van der Waals surface area contributed by atoms with E-state index in [0.717, 1.165) is 25.6 Å². The molecule has 3 heterocycles. The molecule has 1 N–H and O–H groups in total. The van der Waals surface area contributed by atoms with Crippen LogP contribution in [0.25, 0.3) is 0 Å². The minimum absolute atomic E-state index is 0.283. The molecule has 1 aromatic rings. The van der Waals surface area contributed by atoms with E-state index in [9.17, 15) is 0 Å². The number of nitrogens with one attached hydrogen (secondary N) is 1. The number of anilines is 1. The van der Waals surface area contributed by atoms with Gasteiger partial charge in [0.05, 0.1) is 13.2 Å². The molecule has 2 saturated heterocycles. The van der Waals surface area contributed by atoms with E-state index in [4.69, 9.17) is 9.72 Å². The van der Waals surface area contributed by atoms with E-state index in [1.54, 1.807) is 0 Å². The monoisotopic (exact) mass is 275 g/mol. The highest BCUT2D eigenvalue weighted by molar-refractivity contribution is 5.36. The first-order valence-corrected chi connectivity index (χ1v) is 7.62. The third-order valence-electron chi connectivity index (χ3n) is 4.50. The molecule has 0 atom stereocenters. The van der Waals surface area contributed by atoms with Crippen LogP contribution in [-0.4, -0.2) is 49.8 Å². The second kappa shape index (κ2) is 5.70. The third kappa shape index (κ3) is 3.13. The van der Waals surface area contributed by atoms with Crippen LogP contribution in [0.3, 0.4) is 0 Å². The molecule has 2 aliphatic heterocycles. The van der Waals surface area contributed by atoms with Gasteiger partial charge < -0.3 is 15.0 Å². The molecule has 4 nitrogen and oxygen atoms in total. The highest BCUT2D eigenvalue weighted by atomic mass is 16.5. The Morgan fingerprint density at radius 1 is 1.35 bits per heavy atom. The summed E-state index contributed by atoms with van der Waals surface area (Å²) in [7, 11) is 2.20. The fraction of sp³-hybridized carbons (Fsp3) is 0.688. The molecular weight excluding hydrogens is 250 g/mol. The molecule has 4 heteroatoms. The normalized spacial score (nSPS) is 23.3. The van der Waals surface area contributed by atoms with Crippen LogP contribution in [-0.2, 0) is 4.74 Å². The number of ether oxygens (including phenoxy) is 1. The van der Waals surface area contributed by atoms with Gasteiger partial charge >= 0.3 is 0 Å². The van der Waals surface area contributed by atoms with Gasteiger partial charge in [-0.25, -0.2) is 4.98 Å². The highest BCUT2D eigenvalue weighted by Crippen LogP contribution is 2.28. The Labute approximate surface area is 121 Å². The van der Waals surface area contributed by atoms with Gasteiger partial charge in [0.2, 0.25) is 0 Å².